The van der Waals surface area contributed by atoms with Gasteiger partial charge in [0.15, 0.2) is 5.82 Å². The standard InChI is InChI=1S/C37H42FN5O7S/c1-21-30(49-3)16-15-27-31(21)39-32(22-9-11-24(38)12-10-22)40-34(27)50-25-18-28-29(19-25)35(45)43(2)17-7-5-4-6-8-23-20-37(23,41-33(28)44)36(46)42-51(47,48)26-13-14-26/h6,8-12,15-16,23,25-26,28-29H,4-5,7,13-14,17-20H2,1-3H3,(H,41,44)(H,42,46)/t23-,25-,28-,29?,37-/m1/s1. The lowest BCUT2D eigenvalue weighted by molar-refractivity contribution is -0.140. The van der Waals surface area contributed by atoms with Gasteiger partial charge in [-0.1, -0.05) is 12.2 Å². The molecule has 0 saturated heterocycles. The number of amides is 3. The van der Waals surface area contributed by atoms with Gasteiger partial charge in [0.25, 0.3) is 5.91 Å². The molecule has 0 spiro atoms. The molecule has 14 heteroatoms. The lowest BCUT2D eigenvalue weighted by Gasteiger charge is -2.26. The molecule has 1 aromatic heterocycles. The Labute approximate surface area is 296 Å². The second-order valence-corrected chi connectivity index (χ2v) is 16.2. The van der Waals surface area contributed by atoms with Crippen LogP contribution in [0.25, 0.3) is 22.3 Å². The number of nitrogens with zero attached hydrogens (tertiary/aromatic N) is 3. The Balaban J connectivity index is 1.21. The number of aromatic nitrogens is 2. The van der Waals surface area contributed by atoms with E-state index in [2.05, 4.69) is 10.0 Å². The molecule has 5 atom stereocenters. The van der Waals surface area contributed by atoms with Gasteiger partial charge in [-0.15, -0.1) is 0 Å². The van der Waals surface area contributed by atoms with Gasteiger partial charge in [0.1, 0.15) is 23.2 Å². The molecule has 7 rings (SSSR count). The molecule has 270 valence electrons. The number of halogens is 1. The Morgan fingerprint density at radius 3 is 2.53 bits per heavy atom. The molecule has 3 fully saturated rings. The van der Waals surface area contributed by atoms with Crippen molar-refractivity contribution in [2.45, 2.75) is 75.2 Å². The van der Waals surface area contributed by atoms with Crippen molar-refractivity contribution in [2.24, 2.45) is 17.8 Å². The maximum Gasteiger partial charge on any atom is 0.259 e. The summed E-state index contributed by atoms with van der Waals surface area (Å²) >= 11 is 0. The summed E-state index contributed by atoms with van der Waals surface area (Å²) < 4.78 is 53.6. The smallest absolute Gasteiger partial charge is 0.259 e. The fourth-order valence-electron chi connectivity index (χ4n) is 7.37. The number of carbonyl (C=O) groups is 3. The van der Waals surface area contributed by atoms with Crippen LogP contribution in [0.2, 0.25) is 0 Å². The molecule has 0 radical (unpaired) electrons. The minimum atomic E-state index is -3.85. The summed E-state index contributed by atoms with van der Waals surface area (Å²) in [7, 11) is -0.556. The first-order valence-corrected chi connectivity index (χ1v) is 19.0. The quantitative estimate of drug-likeness (QED) is 0.342. The van der Waals surface area contributed by atoms with E-state index >= 15 is 0 Å². The third-order valence-electron chi connectivity index (χ3n) is 10.6. The third-order valence-corrected chi connectivity index (χ3v) is 12.5. The number of benzene rings is 2. The highest BCUT2D eigenvalue weighted by Gasteiger charge is 2.62. The summed E-state index contributed by atoms with van der Waals surface area (Å²) in [5.74, 6) is -2.66. The van der Waals surface area contributed by atoms with Gasteiger partial charge in [-0.3, -0.25) is 19.1 Å². The van der Waals surface area contributed by atoms with E-state index in [1.807, 2.05) is 19.1 Å². The van der Waals surface area contributed by atoms with Crippen molar-refractivity contribution in [3.05, 3.63) is 59.9 Å². The Bertz CT molecular complexity index is 2020. The van der Waals surface area contributed by atoms with Crippen LogP contribution < -0.4 is 19.5 Å². The van der Waals surface area contributed by atoms with Crippen molar-refractivity contribution in [1.29, 1.82) is 0 Å². The van der Waals surface area contributed by atoms with E-state index < -0.39 is 56.4 Å². The molecule has 12 nitrogen and oxygen atoms in total. The summed E-state index contributed by atoms with van der Waals surface area (Å²) in [6.45, 7) is 2.39. The van der Waals surface area contributed by atoms with Crippen LogP contribution in [0.1, 0.15) is 56.9 Å². The topological polar surface area (TPSA) is 157 Å². The number of nitrogens with one attached hydrogen (secondary N) is 2. The summed E-state index contributed by atoms with van der Waals surface area (Å²) in [5.41, 5.74) is 0.468. The Morgan fingerprint density at radius 1 is 1.06 bits per heavy atom. The van der Waals surface area contributed by atoms with Crippen molar-refractivity contribution >= 4 is 38.6 Å². The molecule has 4 aliphatic rings. The summed E-state index contributed by atoms with van der Waals surface area (Å²) in [4.78, 5) is 52.9. The molecule has 2 aromatic carbocycles. The molecule has 51 heavy (non-hydrogen) atoms. The predicted molar refractivity (Wildman–Crippen MR) is 187 cm³/mol. The molecule has 3 aliphatic carbocycles. The summed E-state index contributed by atoms with van der Waals surface area (Å²) in [6, 6.07) is 9.39. The van der Waals surface area contributed by atoms with Crippen molar-refractivity contribution in [3.8, 4) is 23.0 Å². The van der Waals surface area contributed by atoms with Crippen LogP contribution >= 0.6 is 0 Å². The van der Waals surface area contributed by atoms with Crippen LogP contribution in [0.3, 0.4) is 0 Å². The number of rotatable bonds is 7. The van der Waals surface area contributed by atoms with Gasteiger partial charge >= 0.3 is 0 Å². The van der Waals surface area contributed by atoms with Crippen LogP contribution in [0, 0.1) is 30.5 Å². The number of methoxy groups -OCH3 is 1. The van der Waals surface area contributed by atoms with Gasteiger partial charge in [0, 0.05) is 30.6 Å². The maximum atomic E-state index is 14.2. The normalized spacial score (nSPS) is 26.9. The van der Waals surface area contributed by atoms with Crippen molar-refractivity contribution in [2.75, 3.05) is 20.7 Å². The van der Waals surface area contributed by atoms with Gasteiger partial charge in [0.2, 0.25) is 27.7 Å². The van der Waals surface area contributed by atoms with Crippen LogP contribution in [0.15, 0.2) is 48.6 Å². The van der Waals surface area contributed by atoms with E-state index in [-0.39, 0.29) is 37.0 Å². The highest BCUT2D eigenvalue weighted by atomic mass is 32.2. The molecule has 3 aromatic rings. The molecule has 2 heterocycles. The van der Waals surface area contributed by atoms with Gasteiger partial charge in [0.05, 0.1) is 35.1 Å². The van der Waals surface area contributed by atoms with Crippen molar-refractivity contribution in [3.63, 3.8) is 0 Å². The number of carbonyl (C=O) groups excluding carboxylic acids is 3. The van der Waals surface area contributed by atoms with Gasteiger partial charge in [-0.25, -0.2) is 17.8 Å². The maximum absolute atomic E-state index is 14.2. The lowest BCUT2D eigenvalue weighted by atomic mass is 9.93. The second kappa shape index (κ2) is 13.5. The van der Waals surface area contributed by atoms with Gasteiger partial charge in [-0.2, -0.15) is 4.98 Å². The molecular weight excluding hydrogens is 678 g/mol. The summed E-state index contributed by atoms with van der Waals surface area (Å²) in [6.07, 6.45) is 7.15. The van der Waals surface area contributed by atoms with E-state index in [9.17, 15) is 27.2 Å². The average molecular weight is 720 g/mol. The van der Waals surface area contributed by atoms with Gasteiger partial charge in [-0.05, 0) is 94.7 Å². The molecule has 3 amide bonds. The highest BCUT2D eigenvalue weighted by molar-refractivity contribution is 7.91. The predicted octanol–water partition coefficient (Wildman–Crippen LogP) is 4.21. The van der Waals surface area contributed by atoms with E-state index in [0.717, 1.165) is 24.8 Å². The van der Waals surface area contributed by atoms with Crippen molar-refractivity contribution in [1.82, 2.24) is 24.9 Å². The fourth-order valence-corrected chi connectivity index (χ4v) is 8.74. The van der Waals surface area contributed by atoms with E-state index in [1.165, 1.54) is 12.1 Å². The zero-order chi connectivity index (χ0) is 36.1. The van der Waals surface area contributed by atoms with Crippen LogP contribution in [-0.2, 0) is 24.4 Å². The van der Waals surface area contributed by atoms with Gasteiger partial charge < -0.3 is 19.7 Å². The average Bonchev–Trinajstić information content (AvgIpc) is 4.03. The zero-order valence-electron chi connectivity index (χ0n) is 28.9. The number of fused-ring (bicyclic) bond motifs is 3. The largest absolute Gasteiger partial charge is 0.496 e. The Hall–Kier alpha value is -4.59. The zero-order valence-corrected chi connectivity index (χ0v) is 29.7. The molecule has 0 bridgehead atoms. The van der Waals surface area contributed by atoms with Crippen molar-refractivity contribution < 1.29 is 36.7 Å². The number of aryl methyl sites for hydroxylation is 1. The number of sulfonamides is 1. The molecule has 1 aliphatic heterocycles. The lowest BCUT2D eigenvalue weighted by Crippen LogP contribution is -2.54. The number of hydrogen-bond donors (Lipinski definition) is 2. The van der Waals surface area contributed by atoms with E-state index in [1.54, 1.807) is 43.3 Å². The first kappa shape index (κ1) is 34.8. The fraction of sp³-hybridized carbons (Fsp3) is 0.486. The Kier molecular flexibility index (Phi) is 9.23. The molecule has 3 saturated carbocycles. The summed E-state index contributed by atoms with van der Waals surface area (Å²) in [5, 5.41) is 2.92. The minimum Gasteiger partial charge on any atom is -0.496 e. The molecule has 2 N–H and O–H groups in total. The minimum absolute atomic E-state index is 0.154. The number of allylic oxidation sites excluding steroid dienone is 1. The highest BCUT2D eigenvalue weighted by Crippen LogP contribution is 2.47. The first-order chi connectivity index (χ1) is 24.4. The monoisotopic (exact) mass is 719 g/mol. The number of ether oxygens (including phenoxy) is 2. The second-order valence-electron chi connectivity index (χ2n) is 14.2. The van der Waals surface area contributed by atoms with E-state index in [4.69, 9.17) is 19.4 Å². The van der Waals surface area contributed by atoms with Crippen LogP contribution in [0.4, 0.5) is 4.39 Å². The number of hydrogen-bond acceptors (Lipinski definition) is 9. The SMILES string of the molecule is COc1ccc2c(O[C@H]3CC4C(=O)N(C)CCCCC=C[C@@H]5C[C@@]5(C(=O)NS(=O)(=O)C5CC5)NC(=O)[C@@H]4C3)nc(-c3ccc(F)cc3)nc2c1C. The van der Waals surface area contributed by atoms with Crippen LogP contribution in [0.5, 0.6) is 11.6 Å². The Morgan fingerprint density at radius 2 is 1.80 bits per heavy atom. The van der Waals surface area contributed by atoms with E-state index in [0.29, 0.717) is 47.4 Å². The van der Waals surface area contributed by atoms with Crippen LogP contribution in [-0.4, -0.2) is 78.6 Å². The third kappa shape index (κ3) is 6.89. The molecular formula is C37H42FN5O7S. The molecule has 1 unspecified atom stereocenters. The first-order valence-electron chi connectivity index (χ1n) is 17.5.